The topological polar surface area (TPSA) is 140 Å². The molecule has 2 heterocycles. The molecule has 0 spiro atoms. The molecule has 1 unspecified atom stereocenters. The van der Waals surface area contributed by atoms with Crippen LogP contribution in [0.2, 0.25) is 0 Å². The summed E-state index contributed by atoms with van der Waals surface area (Å²) in [6.07, 6.45) is 4.85. The van der Waals surface area contributed by atoms with Gasteiger partial charge in [0.25, 0.3) is 0 Å². The number of hydrogen-bond acceptors (Lipinski definition) is 6. The third-order valence-corrected chi connectivity index (χ3v) is 7.65. The van der Waals surface area contributed by atoms with Crippen molar-refractivity contribution in [2.45, 2.75) is 19.0 Å². The van der Waals surface area contributed by atoms with E-state index >= 15 is 0 Å². The molecule has 2 N–H and O–H groups in total. The summed E-state index contributed by atoms with van der Waals surface area (Å²) in [7, 11) is -3.71. The average molecular weight is 554 g/mol. The van der Waals surface area contributed by atoms with Crippen molar-refractivity contribution in [3.8, 4) is 6.07 Å². The molecular formula is C26H28FN7O4S. The molecule has 0 bridgehead atoms. The Balaban J connectivity index is 1.37. The average Bonchev–Trinajstić information content (AvgIpc) is 3.36. The van der Waals surface area contributed by atoms with Crippen LogP contribution >= 0.6 is 0 Å². The lowest BCUT2D eigenvalue weighted by Crippen LogP contribution is -2.61. The maximum absolute atomic E-state index is 13.2. The number of amides is 3. The van der Waals surface area contributed by atoms with Crippen LogP contribution in [0.3, 0.4) is 0 Å². The standard InChI is InChI=1S/C26H28FN7O4S/c1-39(37,38)34-13-12-32(26(36)31-22-8-6-21(27)7-9-22)17-24(34)25(35)30-11-10-23-15-29-18-33(23)16-20-4-2-19(14-28)3-5-20/h2-9,15,18,24H,10-13,16-17H2,1H3,(H,30,35)(H,31,36). The first-order valence-corrected chi connectivity index (χ1v) is 14.0. The van der Waals surface area contributed by atoms with Gasteiger partial charge in [-0.05, 0) is 42.0 Å². The summed E-state index contributed by atoms with van der Waals surface area (Å²) in [5, 5.41) is 14.4. The van der Waals surface area contributed by atoms with E-state index in [0.717, 1.165) is 21.8 Å². The minimum absolute atomic E-state index is 0.0366. The van der Waals surface area contributed by atoms with Crippen molar-refractivity contribution in [1.29, 1.82) is 5.26 Å². The zero-order chi connectivity index (χ0) is 28.0. The number of sulfonamides is 1. The lowest BCUT2D eigenvalue weighted by atomic mass is 10.1. The van der Waals surface area contributed by atoms with Crippen LogP contribution in [0.4, 0.5) is 14.9 Å². The molecule has 11 nitrogen and oxygen atoms in total. The van der Waals surface area contributed by atoms with E-state index in [1.54, 1.807) is 24.7 Å². The van der Waals surface area contributed by atoms with Gasteiger partial charge in [0.1, 0.15) is 11.9 Å². The highest BCUT2D eigenvalue weighted by molar-refractivity contribution is 7.88. The van der Waals surface area contributed by atoms with Crippen LogP contribution in [0.5, 0.6) is 0 Å². The van der Waals surface area contributed by atoms with E-state index in [-0.39, 0.29) is 26.2 Å². The molecule has 204 valence electrons. The van der Waals surface area contributed by atoms with E-state index in [1.165, 1.54) is 29.2 Å². The summed E-state index contributed by atoms with van der Waals surface area (Å²) < 4.78 is 41.0. The monoisotopic (exact) mass is 553 g/mol. The van der Waals surface area contributed by atoms with Crippen molar-refractivity contribution in [3.05, 3.63) is 83.7 Å². The van der Waals surface area contributed by atoms with Gasteiger partial charge in [-0.1, -0.05) is 12.1 Å². The molecule has 4 rings (SSSR count). The number of nitrogens with one attached hydrogen (secondary N) is 2. The van der Waals surface area contributed by atoms with Gasteiger partial charge < -0.3 is 20.1 Å². The minimum atomic E-state index is -3.71. The number of carbonyl (C=O) groups is 2. The van der Waals surface area contributed by atoms with E-state index in [2.05, 4.69) is 21.7 Å². The summed E-state index contributed by atoms with van der Waals surface area (Å²) in [4.78, 5) is 31.4. The zero-order valence-corrected chi connectivity index (χ0v) is 22.1. The van der Waals surface area contributed by atoms with E-state index in [4.69, 9.17) is 5.26 Å². The normalized spacial score (nSPS) is 15.9. The number of hydrogen-bond donors (Lipinski definition) is 2. The van der Waals surface area contributed by atoms with Gasteiger partial charge in [-0.25, -0.2) is 22.6 Å². The fourth-order valence-corrected chi connectivity index (χ4v) is 5.35. The van der Waals surface area contributed by atoms with Crippen molar-refractivity contribution in [2.75, 3.05) is 37.8 Å². The van der Waals surface area contributed by atoms with Crippen molar-refractivity contribution in [2.24, 2.45) is 0 Å². The fraction of sp³-hybridized carbons (Fsp3) is 0.308. The van der Waals surface area contributed by atoms with Crippen LogP contribution in [0.15, 0.2) is 61.1 Å². The van der Waals surface area contributed by atoms with Crippen molar-refractivity contribution >= 4 is 27.6 Å². The number of urea groups is 1. The predicted octanol–water partition coefficient (Wildman–Crippen LogP) is 1.78. The first kappa shape index (κ1) is 27.7. The van der Waals surface area contributed by atoms with Crippen LogP contribution < -0.4 is 10.6 Å². The summed E-state index contributed by atoms with van der Waals surface area (Å²) in [6.45, 7) is 0.692. The lowest BCUT2D eigenvalue weighted by Gasteiger charge is -2.38. The molecule has 1 saturated heterocycles. The Kier molecular flexibility index (Phi) is 8.58. The highest BCUT2D eigenvalue weighted by atomic mass is 32.2. The van der Waals surface area contributed by atoms with Gasteiger partial charge in [-0.15, -0.1) is 0 Å². The molecule has 3 aromatic rings. The quantitative estimate of drug-likeness (QED) is 0.436. The molecule has 1 aliphatic heterocycles. The van der Waals surface area contributed by atoms with Gasteiger partial charge in [0.05, 0.1) is 24.2 Å². The van der Waals surface area contributed by atoms with Crippen LogP contribution in [0, 0.1) is 17.1 Å². The summed E-state index contributed by atoms with van der Waals surface area (Å²) in [5.74, 6) is -0.957. The van der Waals surface area contributed by atoms with Crippen LogP contribution in [-0.4, -0.2) is 77.6 Å². The van der Waals surface area contributed by atoms with Gasteiger partial charge in [-0.3, -0.25) is 4.79 Å². The first-order chi connectivity index (χ1) is 18.6. The Morgan fingerprint density at radius 1 is 1.13 bits per heavy atom. The number of nitriles is 1. The van der Waals surface area contributed by atoms with E-state index in [1.807, 2.05) is 16.7 Å². The maximum atomic E-state index is 13.2. The number of carbonyl (C=O) groups excluding carboxylic acids is 2. The molecule has 1 fully saturated rings. The maximum Gasteiger partial charge on any atom is 0.321 e. The molecular weight excluding hydrogens is 525 g/mol. The Hall–Kier alpha value is -4.28. The fourth-order valence-electron chi connectivity index (χ4n) is 4.31. The van der Waals surface area contributed by atoms with Gasteiger partial charge in [0.15, 0.2) is 0 Å². The number of imidazole rings is 1. The number of benzene rings is 2. The molecule has 0 aliphatic carbocycles. The third-order valence-electron chi connectivity index (χ3n) is 6.36. The SMILES string of the molecule is CS(=O)(=O)N1CCN(C(=O)Nc2ccc(F)cc2)CC1C(=O)NCCc1cncn1Cc1ccc(C#N)cc1. The highest BCUT2D eigenvalue weighted by Crippen LogP contribution is 2.17. The molecule has 13 heteroatoms. The van der Waals surface area contributed by atoms with Crippen molar-refractivity contribution < 1.29 is 22.4 Å². The largest absolute Gasteiger partial charge is 0.354 e. The Morgan fingerprint density at radius 3 is 2.51 bits per heavy atom. The van der Waals surface area contributed by atoms with Gasteiger partial charge in [-0.2, -0.15) is 9.57 Å². The lowest BCUT2D eigenvalue weighted by molar-refractivity contribution is -0.126. The number of aromatic nitrogens is 2. The van der Waals surface area contributed by atoms with E-state index < -0.39 is 33.8 Å². The van der Waals surface area contributed by atoms with Crippen LogP contribution in [0.1, 0.15) is 16.8 Å². The van der Waals surface area contributed by atoms with Gasteiger partial charge >= 0.3 is 6.03 Å². The molecule has 1 aromatic heterocycles. The van der Waals surface area contributed by atoms with Crippen molar-refractivity contribution in [1.82, 2.24) is 24.1 Å². The number of rotatable bonds is 8. The first-order valence-electron chi connectivity index (χ1n) is 12.2. The van der Waals surface area contributed by atoms with Crippen molar-refractivity contribution in [3.63, 3.8) is 0 Å². The van der Waals surface area contributed by atoms with Gasteiger partial charge in [0.2, 0.25) is 15.9 Å². The molecule has 39 heavy (non-hydrogen) atoms. The summed E-state index contributed by atoms with van der Waals surface area (Å²) in [5.41, 5.74) is 2.81. The smallest absolute Gasteiger partial charge is 0.321 e. The minimum Gasteiger partial charge on any atom is -0.354 e. The summed E-state index contributed by atoms with van der Waals surface area (Å²) >= 11 is 0. The molecule has 0 saturated carbocycles. The number of nitrogens with zero attached hydrogens (tertiary/aromatic N) is 5. The third kappa shape index (κ3) is 7.18. The van der Waals surface area contributed by atoms with E-state index in [9.17, 15) is 22.4 Å². The predicted molar refractivity (Wildman–Crippen MR) is 142 cm³/mol. The van der Waals surface area contributed by atoms with Gasteiger partial charge in [0, 0.05) is 56.7 Å². The summed E-state index contributed by atoms with van der Waals surface area (Å²) in [6, 6.07) is 12.9. The molecule has 3 amide bonds. The number of halogens is 1. The molecule has 1 aliphatic rings. The Labute approximate surface area is 225 Å². The second-order valence-corrected chi connectivity index (χ2v) is 11.1. The second-order valence-electron chi connectivity index (χ2n) is 9.14. The van der Waals surface area contributed by atoms with E-state index in [0.29, 0.717) is 24.2 Å². The highest BCUT2D eigenvalue weighted by Gasteiger charge is 2.38. The Bertz CT molecular complexity index is 1470. The second kappa shape index (κ2) is 12.1. The number of piperazine rings is 1. The molecule has 2 aromatic carbocycles. The zero-order valence-electron chi connectivity index (χ0n) is 21.2. The van der Waals surface area contributed by atoms with Crippen LogP contribution in [0.25, 0.3) is 0 Å². The van der Waals surface area contributed by atoms with Crippen LogP contribution in [-0.2, 0) is 27.8 Å². The molecule has 1 atom stereocenters. The Morgan fingerprint density at radius 2 is 1.85 bits per heavy atom. The molecule has 0 radical (unpaired) electrons. The number of anilines is 1.